The van der Waals surface area contributed by atoms with Crippen molar-refractivity contribution in [3.05, 3.63) is 47.8 Å². The normalized spacial score (nSPS) is 21.2. The Bertz CT molecular complexity index is 855. The highest BCUT2D eigenvalue weighted by molar-refractivity contribution is 7.99. The maximum Gasteiger partial charge on any atom is 0.230 e. The van der Waals surface area contributed by atoms with Gasteiger partial charge < -0.3 is 10.1 Å². The number of hydrogen-bond donors (Lipinski definition) is 1. The zero-order chi connectivity index (χ0) is 21.5. The van der Waals surface area contributed by atoms with Gasteiger partial charge in [0.05, 0.1) is 5.75 Å². The van der Waals surface area contributed by atoms with Crippen molar-refractivity contribution in [3.63, 3.8) is 0 Å². The Morgan fingerprint density at radius 1 is 1.33 bits per heavy atom. The van der Waals surface area contributed by atoms with E-state index in [2.05, 4.69) is 35.9 Å². The Kier molecular flexibility index (Phi) is 8.22. The molecule has 30 heavy (non-hydrogen) atoms. The number of hydrogen-bond acceptors (Lipinski definition) is 5. The molecule has 8 heteroatoms. The predicted octanol–water partition coefficient (Wildman–Crippen LogP) is 4.73. The molecule has 0 radical (unpaired) electrons. The number of amides is 1. The van der Waals surface area contributed by atoms with Crippen LogP contribution in [0.25, 0.3) is 0 Å². The van der Waals surface area contributed by atoms with Crippen molar-refractivity contribution in [2.24, 2.45) is 11.8 Å². The fourth-order valence-corrected chi connectivity index (χ4v) is 4.59. The highest BCUT2D eigenvalue weighted by Crippen LogP contribution is 2.29. The molecule has 1 fully saturated rings. The van der Waals surface area contributed by atoms with E-state index in [4.69, 9.17) is 16.3 Å². The third kappa shape index (κ3) is 6.01. The number of aromatic nitrogens is 3. The van der Waals surface area contributed by atoms with E-state index in [1.807, 2.05) is 16.7 Å². The summed E-state index contributed by atoms with van der Waals surface area (Å²) >= 11 is 7.29. The Balaban J connectivity index is 1.56. The molecule has 1 aliphatic rings. The summed E-state index contributed by atoms with van der Waals surface area (Å²) in [6.07, 6.45) is 5.26. The van der Waals surface area contributed by atoms with Crippen LogP contribution in [0.5, 0.6) is 5.75 Å². The molecule has 1 heterocycles. The lowest BCUT2D eigenvalue weighted by atomic mass is 9.78. The minimum absolute atomic E-state index is 0.0399. The van der Waals surface area contributed by atoms with Crippen LogP contribution in [0, 0.1) is 11.8 Å². The SMILES string of the molecule is C=CCn1c(COc2ccc(Cl)cc2)nnc1SCC(=O)N[C@@H]1CCC[C@H](C)[C@@H]1C. The number of nitrogens with zero attached hydrogens (tertiary/aromatic N) is 3. The number of carbonyl (C=O) groups excluding carboxylic acids is 1. The van der Waals surface area contributed by atoms with Gasteiger partial charge in [-0.25, -0.2) is 0 Å². The molecule has 0 bridgehead atoms. The second-order valence-corrected chi connectivity index (χ2v) is 9.15. The van der Waals surface area contributed by atoms with Crippen LogP contribution in [0.4, 0.5) is 0 Å². The van der Waals surface area contributed by atoms with Crippen LogP contribution in [0.3, 0.4) is 0 Å². The van der Waals surface area contributed by atoms with Crippen molar-refractivity contribution < 1.29 is 9.53 Å². The Labute approximate surface area is 187 Å². The fraction of sp³-hybridized carbons (Fsp3) is 0.500. The lowest BCUT2D eigenvalue weighted by Crippen LogP contribution is -2.44. The molecule has 3 rings (SSSR count). The lowest BCUT2D eigenvalue weighted by Gasteiger charge is -2.34. The highest BCUT2D eigenvalue weighted by atomic mass is 35.5. The zero-order valence-corrected chi connectivity index (χ0v) is 19.1. The summed E-state index contributed by atoms with van der Waals surface area (Å²) in [5.74, 6) is 2.90. The number of halogens is 1. The van der Waals surface area contributed by atoms with Crippen LogP contribution in [-0.2, 0) is 17.9 Å². The summed E-state index contributed by atoms with van der Waals surface area (Å²) < 4.78 is 7.71. The van der Waals surface area contributed by atoms with Gasteiger partial charge in [-0.3, -0.25) is 9.36 Å². The molecule has 0 unspecified atom stereocenters. The van der Waals surface area contributed by atoms with Gasteiger partial charge >= 0.3 is 0 Å². The molecule has 1 N–H and O–H groups in total. The van der Waals surface area contributed by atoms with Gasteiger partial charge in [-0.1, -0.05) is 56.1 Å². The van der Waals surface area contributed by atoms with E-state index in [1.54, 1.807) is 18.2 Å². The molecular formula is C22H29ClN4O2S. The number of allylic oxidation sites excluding steroid dienone is 1. The summed E-state index contributed by atoms with van der Waals surface area (Å²) in [6.45, 7) is 9.13. The Morgan fingerprint density at radius 2 is 2.10 bits per heavy atom. The van der Waals surface area contributed by atoms with Crippen LogP contribution >= 0.6 is 23.4 Å². The van der Waals surface area contributed by atoms with E-state index < -0.39 is 0 Å². The van der Waals surface area contributed by atoms with Crippen LogP contribution in [-0.4, -0.2) is 32.5 Å². The largest absolute Gasteiger partial charge is 0.486 e. The predicted molar refractivity (Wildman–Crippen MR) is 121 cm³/mol. The summed E-state index contributed by atoms with van der Waals surface area (Å²) in [7, 11) is 0. The Hall–Kier alpha value is -1.99. The maximum absolute atomic E-state index is 12.5. The number of ether oxygens (including phenoxy) is 1. The molecule has 1 aromatic carbocycles. The van der Waals surface area contributed by atoms with Gasteiger partial charge in [0.1, 0.15) is 12.4 Å². The monoisotopic (exact) mass is 448 g/mol. The van der Waals surface area contributed by atoms with E-state index in [-0.39, 0.29) is 18.6 Å². The van der Waals surface area contributed by atoms with Crippen LogP contribution in [0.2, 0.25) is 5.02 Å². The second-order valence-electron chi connectivity index (χ2n) is 7.77. The van der Waals surface area contributed by atoms with Gasteiger partial charge in [-0.2, -0.15) is 0 Å². The van der Waals surface area contributed by atoms with Gasteiger partial charge in [0.2, 0.25) is 5.91 Å². The van der Waals surface area contributed by atoms with Crippen molar-refractivity contribution in [2.75, 3.05) is 5.75 Å². The number of benzene rings is 1. The van der Waals surface area contributed by atoms with E-state index >= 15 is 0 Å². The first-order chi connectivity index (χ1) is 14.5. The summed E-state index contributed by atoms with van der Waals surface area (Å²) in [5.41, 5.74) is 0. The van der Waals surface area contributed by atoms with Crippen molar-refractivity contribution in [1.82, 2.24) is 20.1 Å². The van der Waals surface area contributed by atoms with Crippen molar-refractivity contribution in [2.45, 2.75) is 57.5 Å². The second kappa shape index (κ2) is 10.9. The lowest BCUT2D eigenvalue weighted by molar-refractivity contribution is -0.120. The molecule has 1 aromatic heterocycles. The van der Waals surface area contributed by atoms with Gasteiger partial charge in [-0.15, -0.1) is 16.8 Å². The molecule has 0 aliphatic heterocycles. The summed E-state index contributed by atoms with van der Waals surface area (Å²) in [5, 5.41) is 13.0. The van der Waals surface area contributed by atoms with E-state index in [0.717, 1.165) is 6.42 Å². The van der Waals surface area contributed by atoms with Gasteiger partial charge in [0, 0.05) is 17.6 Å². The van der Waals surface area contributed by atoms with Gasteiger partial charge in [0.25, 0.3) is 0 Å². The van der Waals surface area contributed by atoms with Gasteiger partial charge in [0.15, 0.2) is 11.0 Å². The molecule has 0 spiro atoms. The molecule has 1 amide bonds. The first kappa shape index (κ1) is 22.7. The number of carbonyl (C=O) groups is 1. The third-order valence-corrected chi connectivity index (χ3v) is 6.89. The third-order valence-electron chi connectivity index (χ3n) is 5.67. The fourth-order valence-electron chi connectivity index (χ4n) is 3.69. The highest BCUT2D eigenvalue weighted by Gasteiger charge is 2.28. The summed E-state index contributed by atoms with van der Waals surface area (Å²) in [4.78, 5) is 12.5. The molecule has 162 valence electrons. The number of rotatable bonds is 9. The van der Waals surface area contributed by atoms with E-state index in [9.17, 15) is 4.79 Å². The Morgan fingerprint density at radius 3 is 2.83 bits per heavy atom. The van der Waals surface area contributed by atoms with Crippen LogP contribution in [0.1, 0.15) is 38.9 Å². The minimum atomic E-state index is 0.0399. The van der Waals surface area contributed by atoms with Crippen LogP contribution < -0.4 is 10.1 Å². The smallest absolute Gasteiger partial charge is 0.230 e. The number of nitrogens with one attached hydrogen (secondary N) is 1. The van der Waals surface area contributed by atoms with Crippen LogP contribution in [0.15, 0.2) is 42.1 Å². The van der Waals surface area contributed by atoms with Gasteiger partial charge in [-0.05, 0) is 42.5 Å². The molecular weight excluding hydrogens is 420 g/mol. The molecule has 1 aliphatic carbocycles. The van der Waals surface area contributed by atoms with Crippen molar-refractivity contribution in [3.8, 4) is 5.75 Å². The summed E-state index contributed by atoms with van der Waals surface area (Å²) in [6, 6.07) is 7.43. The average Bonchev–Trinajstić information content (AvgIpc) is 3.11. The van der Waals surface area contributed by atoms with Crippen molar-refractivity contribution >= 4 is 29.3 Å². The quantitative estimate of drug-likeness (QED) is 0.443. The zero-order valence-electron chi connectivity index (χ0n) is 17.5. The standard InChI is InChI=1S/C22H29ClN4O2S/c1-4-12-27-20(13-29-18-10-8-17(23)9-11-18)25-26-22(27)30-14-21(28)24-19-7-5-6-15(2)16(19)3/h4,8-11,15-16,19H,1,5-7,12-14H2,2-3H3,(H,24,28)/t15-,16-,19+/m0/s1. The minimum Gasteiger partial charge on any atom is -0.486 e. The molecule has 3 atom stereocenters. The molecule has 0 saturated heterocycles. The number of thioether (sulfide) groups is 1. The molecule has 2 aromatic rings. The van der Waals surface area contributed by atoms with E-state index in [1.165, 1.54) is 24.6 Å². The first-order valence-electron chi connectivity index (χ1n) is 10.3. The average molecular weight is 449 g/mol. The van der Waals surface area contributed by atoms with Crippen molar-refractivity contribution in [1.29, 1.82) is 0 Å². The molecule has 1 saturated carbocycles. The van der Waals surface area contributed by atoms with E-state index in [0.29, 0.717) is 45.9 Å². The topological polar surface area (TPSA) is 69.0 Å². The molecule has 6 nitrogen and oxygen atoms in total. The maximum atomic E-state index is 12.5. The first-order valence-corrected chi connectivity index (χ1v) is 11.7.